The Kier molecular flexibility index (Phi) is 7.11. The summed E-state index contributed by atoms with van der Waals surface area (Å²) in [6.45, 7) is 7.03. The summed E-state index contributed by atoms with van der Waals surface area (Å²) < 4.78 is 9.87. The fourth-order valence-corrected chi connectivity index (χ4v) is 1.87. The monoisotopic (exact) mass is 328 g/mol. The number of aryl methyl sites for hydroxylation is 1. The maximum Gasteiger partial charge on any atom is 0.416 e. The number of hydrogen-bond acceptors (Lipinski definition) is 5. The first-order chi connectivity index (χ1) is 10.3. The minimum absolute atomic E-state index is 0.0869. The highest BCUT2D eigenvalue weighted by atomic mass is 35.5. The summed E-state index contributed by atoms with van der Waals surface area (Å²) in [4.78, 5) is 29.6. The molecule has 0 fully saturated rings. The summed E-state index contributed by atoms with van der Waals surface area (Å²) in [6.07, 6.45) is 2.93. The van der Waals surface area contributed by atoms with Crippen LogP contribution in [0, 0.1) is 6.92 Å². The number of esters is 1. The Bertz CT molecular complexity index is 640. The van der Waals surface area contributed by atoms with Crippen LogP contribution in [0.3, 0.4) is 0 Å². The van der Waals surface area contributed by atoms with E-state index in [9.17, 15) is 9.59 Å². The predicted molar refractivity (Wildman–Crippen MR) is 85.0 cm³/mol. The Labute approximate surface area is 134 Å². The van der Waals surface area contributed by atoms with Crippen molar-refractivity contribution in [3.63, 3.8) is 0 Å². The van der Waals surface area contributed by atoms with Crippen molar-refractivity contribution in [2.24, 2.45) is 4.99 Å². The number of nitrogens with zero attached hydrogens (tertiary/aromatic N) is 1. The number of hydrogen-bond donors (Lipinski definition) is 1. The first-order valence-electron chi connectivity index (χ1n) is 7.11. The van der Waals surface area contributed by atoms with Crippen LogP contribution in [0.1, 0.15) is 51.5 Å². The summed E-state index contributed by atoms with van der Waals surface area (Å²) in [6, 6.07) is 0. The lowest BCUT2D eigenvalue weighted by molar-refractivity contribution is -0.140. The summed E-state index contributed by atoms with van der Waals surface area (Å²) >= 11 is 6.03. The molecule has 0 aromatic carbocycles. The zero-order valence-corrected chi connectivity index (χ0v) is 14.0. The Balaban J connectivity index is 2.68. The molecule has 0 unspecified atom stereocenters. The lowest BCUT2D eigenvalue weighted by Crippen LogP contribution is -2.08. The fourth-order valence-electron chi connectivity index (χ4n) is 1.65. The van der Waals surface area contributed by atoms with Crippen molar-refractivity contribution in [3.05, 3.63) is 32.7 Å². The molecule has 0 saturated carbocycles. The number of carbonyl (C=O) groups excluding carboxylic acids is 1. The van der Waals surface area contributed by atoms with Gasteiger partial charge in [0.1, 0.15) is 17.5 Å². The molecule has 0 bridgehead atoms. The number of unbranched alkanes of at least 4 members (excludes halogenated alkanes) is 1. The first-order valence-corrected chi connectivity index (χ1v) is 7.49. The highest BCUT2D eigenvalue weighted by Gasteiger charge is 2.13. The van der Waals surface area contributed by atoms with Crippen molar-refractivity contribution in [1.82, 2.24) is 4.98 Å². The van der Waals surface area contributed by atoms with Crippen LogP contribution in [0.15, 0.2) is 24.9 Å². The molecule has 0 atom stereocenters. The maximum atomic E-state index is 11.9. The molecule has 1 N–H and O–H groups in total. The Hall–Kier alpha value is -1.82. The number of rotatable bonds is 7. The number of nitrogens with one attached hydrogen (secondary N) is 1. The van der Waals surface area contributed by atoms with Crippen molar-refractivity contribution in [2.45, 2.75) is 53.6 Å². The standard InChI is InChI=1S/C15H21ClN2O4/c1-5-6-7-9(2)17-13(16)10(3)14(19)21-8-12-11(4)22-15(20)18-12/h5-8H2,1-4H3,(H,18,20)/b13-10+,17-9+. The Morgan fingerprint density at radius 2 is 2.09 bits per heavy atom. The van der Waals surface area contributed by atoms with E-state index >= 15 is 0 Å². The van der Waals surface area contributed by atoms with E-state index in [1.807, 2.05) is 6.92 Å². The number of aromatic nitrogens is 1. The van der Waals surface area contributed by atoms with Crippen molar-refractivity contribution >= 4 is 23.3 Å². The number of ether oxygens (including phenoxy) is 1. The molecule has 0 aliphatic carbocycles. The maximum absolute atomic E-state index is 11.9. The van der Waals surface area contributed by atoms with Gasteiger partial charge in [-0.05, 0) is 33.6 Å². The van der Waals surface area contributed by atoms with Gasteiger partial charge in [-0.2, -0.15) is 0 Å². The Morgan fingerprint density at radius 1 is 1.41 bits per heavy atom. The zero-order valence-electron chi connectivity index (χ0n) is 13.3. The van der Waals surface area contributed by atoms with Crippen molar-refractivity contribution < 1.29 is 13.9 Å². The van der Waals surface area contributed by atoms with E-state index < -0.39 is 11.7 Å². The van der Waals surface area contributed by atoms with Crippen LogP contribution in [0.5, 0.6) is 0 Å². The Morgan fingerprint density at radius 3 is 2.64 bits per heavy atom. The molecular weight excluding hydrogens is 308 g/mol. The number of H-pyrrole nitrogens is 1. The van der Waals surface area contributed by atoms with Crippen molar-refractivity contribution in [2.75, 3.05) is 0 Å². The molecule has 22 heavy (non-hydrogen) atoms. The molecule has 1 aromatic heterocycles. The molecule has 0 aliphatic heterocycles. The third kappa shape index (κ3) is 5.52. The molecule has 6 nitrogen and oxygen atoms in total. The van der Waals surface area contributed by atoms with E-state index in [2.05, 4.69) is 16.9 Å². The summed E-state index contributed by atoms with van der Waals surface area (Å²) in [5.74, 6) is -0.776. The van der Waals surface area contributed by atoms with Gasteiger partial charge in [0.15, 0.2) is 0 Å². The van der Waals surface area contributed by atoms with Gasteiger partial charge < -0.3 is 9.15 Å². The van der Waals surface area contributed by atoms with Crippen LogP contribution in [0.4, 0.5) is 0 Å². The lowest BCUT2D eigenvalue weighted by Gasteiger charge is -2.05. The van der Waals surface area contributed by atoms with E-state index in [4.69, 9.17) is 20.8 Å². The van der Waals surface area contributed by atoms with Crippen LogP contribution in [-0.2, 0) is 16.1 Å². The van der Waals surface area contributed by atoms with Gasteiger partial charge in [0.25, 0.3) is 0 Å². The van der Waals surface area contributed by atoms with Crippen LogP contribution < -0.4 is 5.76 Å². The van der Waals surface area contributed by atoms with Gasteiger partial charge in [-0.25, -0.2) is 14.6 Å². The largest absolute Gasteiger partial charge is 0.456 e. The summed E-state index contributed by atoms with van der Waals surface area (Å²) in [5, 5.41) is 0.121. The molecular formula is C15H21ClN2O4. The van der Waals surface area contributed by atoms with Gasteiger partial charge in [-0.1, -0.05) is 24.9 Å². The lowest BCUT2D eigenvalue weighted by atomic mass is 10.2. The van der Waals surface area contributed by atoms with Gasteiger partial charge >= 0.3 is 11.7 Å². The molecule has 122 valence electrons. The molecule has 0 radical (unpaired) electrons. The number of halogens is 1. The molecule has 0 spiro atoms. The predicted octanol–water partition coefficient (Wildman–Crippen LogP) is 3.44. The molecule has 0 aliphatic rings. The summed E-state index contributed by atoms with van der Waals surface area (Å²) in [5.41, 5.74) is 1.51. The van der Waals surface area contributed by atoms with E-state index in [0.29, 0.717) is 11.5 Å². The smallest absolute Gasteiger partial charge is 0.416 e. The van der Waals surface area contributed by atoms with Gasteiger partial charge in [0.2, 0.25) is 0 Å². The molecule has 0 saturated heterocycles. The fraction of sp³-hybridized carbons (Fsp3) is 0.533. The van der Waals surface area contributed by atoms with E-state index in [1.54, 1.807) is 13.8 Å². The molecule has 1 rings (SSSR count). The zero-order chi connectivity index (χ0) is 16.7. The minimum Gasteiger partial charge on any atom is -0.456 e. The average Bonchev–Trinajstić information content (AvgIpc) is 2.79. The molecule has 7 heteroatoms. The third-order valence-corrected chi connectivity index (χ3v) is 3.44. The third-order valence-electron chi connectivity index (χ3n) is 3.07. The van der Waals surface area contributed by atoms with Gasteiger partial charge in [0, 0.05) is 5.71 Å². The van der Waals surface area contributed by atoms with Crippen molar-refractivity contribution in [1.29, 1.82) is 0 Å². The van der Waals surface area contributed by atoms with Gasteiger partial charge in [-0.3, -0.25) is 4.98 Å². The second kappa shape index (κ2) is 8.58. The molecule has 1 aromatic rings. The molecule has 0 amide bonds. The number of aliphatic imine (C=N–C) groups is 1. The van der Waals surface area contributed by atoms with E-state index in [0.717, 1.165) is 25.0 Å². The normalized spacial score (nSPS) is 13.0. The van der Waals surface area contributed by atoms with E-state index in [1.165, 1.54) is 0 Å². The number of oxazole rings is 1. The topological polar surface area (TPSA) is 84.7 Å². The average molecular weight is 329 g/mol. The highest BCUT2D eigenvalue weighted by Crippen LogP contribution is 2.15. The number of aromatic amines is 1. The summed E-state index contributed by atoms with van der Waals surface area (Å²) in [7, 11) is 0. The van der Waals surface area contributed by atoms with Crippen LogP contribution in [0.25, 0.3) is 0 Å². The van der Waals surface area contributed by atoms with Crippen molar-refractivity contribution in [3.8, 4) is 0 Å². The van der Waals surface area contributed by atoms with Crippen LogP contribution in [0.2, 0.25) is 0 Å². The van der Waals surface area contributed by atoms with Crippen LogP contribution in [-0.4, -0.2) is 16.7 Å². The minimum atomic E-state index is -0.585. The SMILES string of the molecule is CCCC/C(C)=N/C(Cl)=C(\C)C(=O)OCc1[nH]c(=O)oc1C. The number of carbonyl (C=O) groups is 1. The molecule has 1 heterocycles. The van der Waals surface area contributed by atoms with E-state index in [-0.39, 0.29) is 17.3 Å². The second-order valence-corrected chi connectivity index (χ2v) is 5.35. The quantitative estimate of drug-likeness (QED) is 0.359. The first kappa shape index (κ1) is 18.2. The van der Waals surface area contributed by atoms with Crippen LogP contribution >= 0.6 is 11.6 Å². The van der Waals surface area contributed by atoms with Gasteiger partial charge in [-0.15, -0.1) is 0 Å². The second-order valence-electron chi connectivity index (χ2n) is 4.99. The highest BCUT2D eigenvalue weighted by molar-refractivity contribution is 6.32. The van der Waals surface area contributed by atoms with Gasteiger partial charge in [0.05, 0.1) is 11.3 Å².